The normalized spacial score (nSPS) is 22.7. The minimum atomic E-state index is -2.06. The van der Waals surface area contributed by atoms with Gasteiger partial charge in [0, 0.05) is 12.0 Å². The first-order valence-electron chi connectivity index (χ1n) is 8.51. The average molecular weight is 399 g/mol. The predicted octanol–water partition coefficient (Wildman–Crippen LogP) is 1.41. The molecule has 4 rings (SSSR count). The first-order chi connectivity index (χ1) is 13.8. The standard InChI is InChI=1S/C19H14FN3O6/c20-10-6-7-13-12(8-10)19(9-14(29-13)15(21)24)16(25)22-17(26)23(19)18(27)28-11-4-2-1-3-5-11/h1-8,14H,9H2,(H2,21,24)(H,22,25,26)/t14-,19?/m1/s1. The molecule has 1 unspecified atom stereocenters. The lowest BCUT2D eigenvalue weighted by molar-refractivity contribution is -0.133. The molecule has 2 aromatic carbocycles. The first kappa shape index (κ1) is 18.4. The van der Waals surface area contributed by atoms with Gasteiger partial charge >= 0.3 is 12.1 Å². The molecule has 0 aliphatic carbocycles. The summed E-state index contributed by atoms with van der Waals surface area (Å²) in [5, 5.41) is 2.03. The van der Waals surface area contributed by atoms with Crippen molar-refractivity contribution in [3.05, 3.63) is 59.9 Å². The van der Waals surface area contributed by atoms with Crippen molar-refractivity contribution in [1.82, 2.24) is 10.2 Å². The van der Waals surface area contributed by atoms with E-state index >= 15 is 0 Å². The van der Waals surface area contributed by atoms with Gasteiger partial charge in [-0.05, 0) is 30.3 Å². The fraction of sp³-hybridized carbons (Fsp3) is 0.158. The number of nitrogens with one attached hydrogen (secondary N) is 1. The number of carbonyl (C=O) groups excluding carboxylic acids is 4. The van der Waals surface area contributed by atoms with Crippen LogP contribution in [0.25, 0.3) is 0 Å². The number of para-hydroxylation sites is 1. The highest BCUT2D eigenvalue weighted by Crippen LogP contribution is 2.46. The van der Waals surface area contributed by atoms with E-state index in [0.717, 1.165) is 12.1 Å². The van der Waals surface area contributed by atoms with E-state index in [4.69, 9.17) is 15.2 Å². The molecule has 0 saturated carbocycles. The molecule has 29 heavy (non-hydrogen) atoms. The molecule has 0 radical (unpaired) electrons. The Labute approximate surface area is 163 Å². The van der Waals surface area contributed by atoms with Gasteiger partial charge in [0.2, 0.25) is 0 Å². The molecular formula is C19H14FN3O6. The van der Waals surface area contributed by atoms with Crippen LogP contribution in [0.2, 0.25) is 0 Å². The van der Waals surface area contributed by atoms with Crippen molar-refractivity contribution in [3.8, 4) is 11.5 Å². The fourth-order valence-electron chi connectivity index (χ4n) is 3.49. The van der Waals surface area contributed by atoms with Crippen LogP contribution in [-0.2, 0) is 15.1 Å². The summed E-state index contributed by atoms with van der Waals surface area (Å²) in [5.74, 6) is -2.49. The lowest BCUT2D eigenvalue weighted by Crippen LogP contribution is -2.57. The number of urea groups is 1. The van der Waals surface area contributed by atoms with E-state index in [1.54, 1.807) is 18.2 Å². The van der Waals surface area contributed by atoms with Crippen LogP contribution in [0.3, 0.4) is 0 Å². The highest BCUT2D eigenvalue weighted by atomic mass is 19.1. The molecular weight excluding hydrogens is 385 g/mol. The van der Waals surface area contributed by atoms with Crippen molar-refractivity contribution in [3.63, 3.8) is 0 Å². The van der Waals surface area contributed by atoms with Gasteiger partial charge in [-0.3, -0.25) is 14.9 Å². The molecule has 0 aromatic heterocycles. The predicted molar refractivity (Wildman–Crippen MR) is 94.1 cm³/mol. The van der Waals surface area contributed by atoms with Crippen LogP contribution in [0, 0.1) is 5.82 Å². The van der Waals surface area contributed by atoms with Crippen LogP contribution >= 0.6 is 0 Å². The van der Waals surface area contributed by atoms with Gasteiger partial charge in [-0.2, -0.15) is 0 Å². The number of amides is 5. The number of imide groups is 2. The van der Waals surface area contributed by atoms with E-state index in [2.05, 4.69) is 0 Å². The van der Waals surface area contributed by atoms with Gasteiger partial charge in [0.25, 0.3) is 11.8 Å². The van der Waals surface area contributed by atoms with Gasteiger partial charge in [-0.25, -0.2) is 18.9 Å². The van der Waals surface area contributed by atoms with Crippen LogP contribution in [0.5, 0.6) is 11.5 Å². The van der Waals surface area contributed by atoms with Gasteiger partial charge in [-0.15, -0.1) is 0 Å². The first-order valence-corrected chi connectivity index (χ1v) is 8.51. The number of nitrogens with zero attached hydrogens (tertiary/aromatic N) is 1. The highest BCUT2D eigenvalue weighted by Gasteiger charge is 2.62. The third-order valence-corrected chi connectivity index (χ3v) is 4.77. The summed E-state index contributed by atoms with van der Waals surface area (Å²) >= 11 is 0. The second-order valence-electron chi connectivity index (χ2n) is 6.49. The van der Waals surface area contributed by atoms with Gasteiger partial charge in [-0.1, -0.05) is 18.2 Å². The largest absolute Gasteiger partial charge is 0.480 e. The van der Waals surface area contributed by atoms with E-state index in [1.807, 2.05) is 5.32 Å². The van der Waals surface area contributed by atoms with Gasteiger partial charge < -0.3 is 15.2 Å². The maximum absolute atomic E-state index is 14.0. The second kappa shape index (κ2) is 6.59. The Kier molecular flexibility index (Phi) is 4.18. The zero-order valence-corrected chi connectivity index (χ0v) is 14.8. The Hall–Kier alpha value is -3.95. The molecule has 2 heterocycles. The number of fused-ring (bicyclic) bond motifs is 2. The number of hydrogen-bond acceptors (Lipinski definition) is 6. The van der Waals surface area contributed by atoms with Crippen molar-refractivity contribution in [2.75, 3.05) is 0 Å². The molecule has 10 heteroatoms. The molecule has 2 aliphatic heterocycles. The van der Waals surface area contributed by atoms with E-state index in [9.17, 15) is 23.6 Å². The van der Waals surface area contributed by atoms with E-state index in [-0.39, 0.29) is 17.1 Å². The van der Waals surface area contributed by atoms with Crippen molar-refractivity contribution < 1.29 is 33.0 Å². The molecule has 0 bridgehead atoms. The summed E-state index contributed by atoms with van der Waals surface area (Å²) in [6.45, 7) is 0. The third-order valence-electron chi connectivity index (χ3n) is 4.77. The number of primary amides is 1. The molecule has 9 nitrogen and oxygen atoms in total. The number of hydrogen-bond donors (Lipinski definition) is 2. The summed E-state index contributed by atoms with van der Waals surface area (Å²) in [7, 11) is 0. The Morgan fingerprint density at radius 3 is 2.62 bits per heavy atom. The van der Waals surface area contributed by atoms with Crippen molar-refractivity contribution in [2.24, 2.45) is 5.73 Å². The van der Waals surface area contributed by atoms with Crippen molar-refractivity contribution in [1.29, 1.82) is 0 Å². The molecule has 5 amide bonds. The second-order valence-corrected chi connectivity index (χ2v) is 6.49. The van der Waals surface area contributed by atoms with E-state index < -0.39 is 47.8 Å². The van der Waals surface area contributed by atoms with E-state index in [0.29, 0.717) is 4.90 Å². The molecule has 148 valence electrons. The monoisotopic (exact) mass is 399 g/mol. The smallest absolute Gasteiger partial charge is 0.424 e. The number of ether oxygens (including phenoxy) is 2. The fourth-order valence-corrected chi connectivity index (χ4v) is 3.49. The Morgan fingerprint density at radius 2 is 1.93 bits per heavy atom. The summed E-state index contributed by atoms with van der Waals surface area (Å²) in [4.78, 5) is 50.5. The number of benzene rings is 2. The Morgan fingerprint density at radius 1 is 1.21 bits per heavy atom. The van der Waals surface area contributed by atoms with Crippen LogP contribution in [-0.4, -0.2) is 34.9 Å². The summed E-state index contributed by atoms with van der Waals surface area (Å²) < 4.78 is 24.6. The SMILES string of the molecule is NC(=O)[C@H]1CC2(C(=O)NC(=O)N2C(=O)Oc2ccccc2)c2cc(F)ccc2O1. The summed E-state index contributed by atoms with van der Waals surface area (Å²) in [6, 6.07) is 10.00. The van der Waals surface area contributed by atoms with Crippen LogP contribution < -0.4 is 20.5 Å². The molecule has 1 fully saturated rings. The zero-order valence-electron chi connectivity index (χ0n) is 14.8. The highest BCUT2D eigenvalue weighted by molar-refractivity contribution is 6.14. The van der Waals surface area contributed by atoms with Crippen molar-refractivity contribution in [2.45, 2.75) is 18.1 Å². The van der Waals surface area contributed by atoms with Crippen LogP contribution in [0.4, 0.5) is 14.0 Å². The van der Waals surface area contributed by atoms with E-state index in [1.165, 1.54) is 18.2 Å². The van der Waals surface area contributed by atoms with Crippen LogP contribution in [0.15, 0.2) is 48.5 Å². The van der Waals surface area contributed by atoms with Crippen molar-refractivity contribution >= 4 is 23.9 Å². The molecule has 2 atom stereocenters. The third kappa shape index (κ3) is 2.85. The zero-order chi connectivity index (χ0) is 20.8. The molecule has 3 N–H and O–H groups in total. The lowest BCUT2D eigenvalue weighted by atomic mass is 9.80. The summed E-state index contributed by atoms with van der Waals surface area (Å²) in [5.41, 5.74) is 3.19. The van der Waals surface area contributed by atoms with Crippen LogP contribution in [0.1, 0.15) is 12.0 Å². The topological polar surface area (TPSA) is 128 Å². The minimum Gasteiger partial charge on any atom is -0.480 e. The quantitative estimate of drug-likeness (QED) is 0.735. The maximum Gasteiger partial charge on any atom is 0.424 e. The summed E-state index contributed by atoms with van der Waals surface area (Å²) in [6.07, 6.45) is -3.00. The average Bonchev–Trinajstić information content (AvgIpc) is 2.93. The Balaban J connectivity index is 1.85. The molecule has 1 spiro atoms. The number of carbonyl (C=O) groups is 4. The molecule has 1 saturated heterocycles. The maximum atomic E-state index is 14.0. The Bertz CT molecular complexity index is 1040. The van der Waals surface area contributed by atoms with Gasteiger partial charge in [0.1, 0.15) is 17.3 Å². The lowest BCUT2D eigenvalue weighted by Gasteiger charge is -2.40. The molecule has 2 aromatic rings. The number of nitrogens with two attached hydrogens (primary N) is 1. The number of halogens is 1. The van der Waals surface area contributed by atoms with Gasteiger partial charge in [0.05, 0.1) is 0 Å². The molecule has 2 aliphatic rings. The minimum absolute atomic E-state index is 0.0520. The number of rotatable bonds is 2. The van der Waals surface area contributed by atoms with Gasteiger partial charge in [0.15, 0.2) is 11.6 Å².